The molecule has 4 heteroatoms. The Bertz CT molecular complexity index is 390. The predicted molar refractivity (Wildman–Crippen MR) is 77.9 cm³/mol. The van der Waals surface area contributed by atoms with Gasteiger partial charge in [-0.2, -0.15) is 0 Å². The fraction of sp³-hybridized carbons (Fsp3) is 0.733. The minimum absolute atomic E-state index is 0.241. The van der Waals surface area contributed by atoms with E-state index in [0.29, 0.717) is 18.9 Å². The summed E-state index contributed by atoms with van der Waals surface area (Å²) < 4.78 is 2.02. The Kier molecular flexibility index (Phi) is 5.73. The second-order valence-electron chi connectivity index (χ2n) is 6.31. The molecule has 1 rings (SSSR count). The van der Waals surface area contributed by atoms with Gasteiger partial charge in [-0.15, -0.1) is 16.8 Å². The number of aromatic nitrogens is 3. The quantitative estimate of drug-likeness (QED) is 0.735. The molecule has 0 aliphatic carbocycles. The lowest BCUT2D eigenvalue weighted by molar-refractivity contribution is 0.0599. The lowest BCUT2D eigenvalue weighted by Gasteiger charge is -2.25. The maximum Gasteiger partial charge on any atom is 0.136 e. The molecule has 0 bridgehead atoms. The molecule has 1 heterocycles. The number of hydrogen-bond donors (Lipinski definition) is 1. The van der Waals surface area contributed by atoms with Gasteiger partial charge in [-0.25, -0.2) is 0 Å². The van der Waals surface area contributed by atoms with Crippen LogP contribution >= 0.6 is 0 Å². The van der Waals surface area contributed by atoms with Crippen molar-refractivity contribution in [1.29, 1.82) is 0 Å². The molecule has 0 aliphatic rings. The summed E-state index contributed by atoms with van der Waals surface area (Å²) in [4.78, 5) is 0. The number of allylic oxidation sites excluding steroid dienone is 1. The molecule has 1 aromatic rings. The fourth-order valence-electron chi connectivity index (χ4n) is 2.32. The van der Waals surface area contributed by atoms with Crippen LogP contribution in [0, 0.1) is 5.92 Å². The van der Waals surface area contributed by atoms with Gasteiger partial charge in [-0.05, 0) is 32.6 Å². The monoisotopic (exact) mass is 265 g/mol. The van der Waals surface area contributed by atoms with Crippen molar-refractivity contribution in [1.82, 2.24) is 14.8 Å². The van der Waals surface area contributed by atoms with Crippen LogP contribution in [0.5, 0.6) is 0 Å². The molecule has 1 atom stereocenters. The van der Waals surface area contributed by atoms with Crippen molar-refractivity contribution >= 4 is 0 Å². The van der Waals surface area contributed by atoms with Crippen LogP contribution in [0.25, 0.3) is 0 Å². The Morgan fingerprint density at radius 3 is 2.63 bits per heavy atom. The summed E-state index contributed by atoms with van der Waals surface area (Å²) >= 11 is 0. The third kappa shape index (κ3) is 5.55. The van der Waals surface area contributed by atoms with E-state index in [1.54, 1.807) is 6.33 Å². The van der Waals surface area contributed by atoms with Crippen LogP contribution in [0.2, 0.25) is 0 Å². The first-order valence-corrected chi connectivity index (χ1v) is 7.04. The summed E-state index contributed by atoms with van der Waals surface area (Å²) in [6, 6.07) is 0. The van der Waals surface area contributed by atoms with Crippen molar-refractivity contribution in [3.8, 4) is 0 Å². The molecule has 1 N–H and O–H groups in total. The first-order chi connectivity index (χ1) is 8.83. The van der Waals surface area contributed by atoms with Crippen LogP contribution in [0.15, 0.2) is 19.0 Å². The average molecular weight is 265 g/mol. The third-order valence-corrected chi connectivity index (χ3v) is 3.17. The molecule has 0 radical (unpaired) electrons. The van der Waals surface area contributed by atoms with Gasteiger partial charge in [0.25, 0.3) is 0 Å². The van der Waals surface area contributed by atoms with Crippen molar-refractivity contribution in [3.63, 3.8) is 0 Å². The second kappa shape index (κ2) is 6.85. The van der Waals surface area contributed by atoms with E-state index in [4.69, 9.17) is 0 Å². The van der Waals surface area contributed by atoms with E-state index in [1.807, 2.05) is 24.5 Å². The molecule has 19 heavy (non-hydrogen) atoms. The zero-order chi connectivity index (χ0) is 14.5. The van der Waals surface area contributed by atoms with Crippen LogP contribution < -0.4 is 0 Å². The Morgan fingerprint density at radius 1 is 1.42 bits per heavy atom. The van der Waals surface area contributed by atoms with Gasteiger partial charge in [0, 0.05) is 12.5 Å². The van der Waals surface area contributed by atoms with E-state index in [-0.39, 0.29) is 5.92 Å². The highest BCUT2D eigenvalue weighted by Crippen LogP contribution is 2.30. The summed E-state index contributed by atoms with van der Waals surface area (Å²) in [6.07, 6.45) is 6.44. The summed E-state index contributed by atoms with van der Waals surface area (Å²) in [7, 11) is 0. The molecular formula is C15H27N3O. The lowest BCUT2D eigenvalue weighted by Crippen LogP contribution is -2.24. The highest BCUT2D eigenvalue weighted by Gasteiger charge is 2.25. The summed E-state index contributed by atoms with van der Waals surface area (Å²) in [5.74, 6) is 1.85. The van der Waals surface area contributed by atoms with Gasteiger partial charge in [0.15, 0.2) is 0 Å². The minimum Gasteiger partial charge on any atom is -0.390 e. The van der Waals surface area contributed by atoms with Crippen molar-refractivity contribution in [2.24, 2.45) is 5.92 Å². The first-order valence-electron chi connectivity index (χ1n) is 7.04. The highest BCUT2D eigenvalue weighted by atomic mass is 16.3. The van der Waals surface area contributed by atoms with E-state index in [0.717, 1.165) is 18.7 Å². The SMILES string of the molecule is C=CCn1cnnc1C(CCC(C)C)CC(C)(C)O. The summed E-state index contributed by atoms with van der Waals surface area (Å²) in [5, 5.41) is 18.3. The van der Waals surface area contributed by atoms with E-state index in [9.17, 15) is 5.11 Å². The zero-order valence-electron chi connectivity index (χ0n) is 12.6. The van der Waals surface area contributed by atoms with Crippen molar-refractivity contribution in [3.05, 3.63) is 24.8 Å². The van der Waals surface area contributed by atoms with E-state index < -0.39 is 5.60 Å². The first kappa shape index (κ1) is 15.9. The van der Waals surface area contributed by atoms with E-state index in [1.165, 1.54) is 0 Å². The van der Waals surface area contributed by atoms with Gasteiger partial charge in [-0.3, -0.25) is 0 Å². The fourth-order valence-corrected chi connectivity index (χ4v) is 2.32. The number of aliphatic hydroxyl groups is 1. The highest BCUT2D eigenvalue weighted by molar-refractivity contribution is 5.00. The molecule has 0 aliphatic heterocycles. The van der Waals surface area contributed by atoms with Gasteiger partial charge in [0.1, 0.15) is 12.2 Å². The minimum atomic E-state index is -0.688. The van der Waals surface area contributed by atoms with Gasteiger partial charge >= 0.3 is 0 Å². The molecule has 108 valence electrons. The van der Waals surface area contributed by atoms with Crippen LogP contribution in [0.4, 0.5) is 0 Å². The third-order valence-electron chi connectivity index (χ3n) is 3.17. The van der Waals surface area contributed by atoms with Crippen molar-refractivity contribution < 1.29 is 5.11 Å². The standard InChI is InChI=1S/C15H27N3O/c1-6-9-18-11-16-17-14(18)13(8-7-12(2)3)10-15(4,5)19/h6,11-13,19H,1,7-10H2,2-5H3. The van der Waals surface area contributed by atoms with Crippen molar-refractivity contribution in [2.75, 3.05) is 0 Å². The van der Waals surface area contributed by atoms with Crippen LogP contribution in [-0.4, -0.2) is 25.5 Å². The molecule has 0 spiro atoms. The maximum absolute atomic E-state index is 10.1. The van der Waals surface area contributed by atoms with Gasteiger partial charge in [0.2, 0.25) is 0 Å². The molecule has 1 aromatic heterocycles. The molecule has 0 saturated carbocycles. The summed E-state index contributed by atoms with van der Waals surface area (Å²) in [6.45, 7) is 12.6. The molecule has 0 saturated heterocycles. The van der Waals surface area contributed by atoms with E-state index in [2.05, 4.69) is 30.6 Å². The van der Waals surface area contributed by atoms with Gasteiger partial charge < -0.3 is 9.67 Å². The van der Waals surface area contributed by atoms with E-state index >= 15 is 0 Å². The van der Waals surface area contributed by atoms with Crippen LogP contribution in [-0.2, 0) is 6.54 Å². The van der Waals surface area contributed by atoms with Gasteiger partial charge in [-0.1, -0.05) is 26.3 Å². The number of hydrogen-bond acceptors (Lipinski definition) is 3. The Balaban J connectivity index is 2.87. The maximum atomic E-state index is 10.1. The Morgan fingerprint density at radius 2 is 2.11 bits per heavy atom. The second-order valence-corrected chi connectivity index (χ2v) is 6.31. The van der Waals surface area contributed by atoms with Gasteiger partial charge in [0.05, 0.1) is 5.60 Å². The van der Waals surface area contributed by atoms with Crippen molar-refractivity contribution in [2.45, 2.75) is 65.0 Å². The topological polar surface area (TPSA) is 50.9 Å². The van der Waals surface area contributed by atoms with Crippen LogP contribution in [0.1, 0.15) is 58.7 Å². The molecule has 1 unspecified atom stereocenters. The number of rotatable bonds is 8. The number of nitrogens with zero attached hydrogens (tertiary/aromatic N) is 3. The Labute approximate surface area is 116 Å². The smallest absolute Gasteiger partial charge is 0.136 e. The normalized spacial score (nSPS) is 13.8. The molecule has 0 aromatic carbocycles. The molecule has 4 nitrogen and oxygen atoms in total. The average Bonchev–Trinajstić information content (AvgIpc) is 2.71. The van der Waals surface area contributed by atoms with Crippen LogP contribution in [0.3, 0.4) is 0 Å². The Hall–Kier alpha value is -1.16. The largest absolute Gasteiger partial charge is 0.390 e. The zero-order valence-corrected chi connectivity index (χ0v) is 12.6. The lowest BCUT2D eigenvalue weighted by atomic mass is 9.87. The summed E-state index contributed by atoms with van der Waals surface area (Å²) in [5.41, 5.74) is -0.688. The molecule has 0 amide bonds. The predicted octanol–water partition coefficient (Wildman–Crippen LogP) is 3.14. The molecule has 0 fully saturated rings. The molecular weight excluding hydrogens is 238 g/mol.